The Morgan fingerprint density at radius 1 is 1.29 bits per heavy atom. The molecule has 0 aliphatic carbocycles. The Morgan fingerprint density at radius 3 is 2.65 bits per heavy atom. The molecule has 0 aliphatic heterocycles. The molecule has 2 rings (SSSR count). The highest BCUT2D eigenvalue weighted by molar-refractivity contribution is 7.08. The van der Waals surface area contributed by atoms with E-state index in [-0.39, 0.29) is 11.9 Å². The Hall–Kier alpha value is -1.61. The van der Waals surface area contributed by atoms with Crippen LogP contribution in [0.25, 0.3) is 0 Å². The lowest BCUT2D eigenvalue weighted by Gasteiger charge is -2.13. The molecule has 0 amide bonds. The van der Waals surface area contributed by atoms with Crippen LogP contribution in [0, 0.1) is 0 Å². The van der Waals surface area contributed by atoms with Crippen molar-refractivity contribution in [3.05, 3.63) is 58.3 Å². The third-order valence-corrected chi connectivity index (χ3v) is 3.42. The van der Waals surface area contributed by atoms with E-state index < -0.39 is 0 Å². The van der Waals surface area contributed by atoms with Crippen LogP contribution in [0.5, 0.6) is 0 Å². The van der Waals surface area contributed by atoms with Gasteiger partial charge in [0.1, 0.15) is 0 Å². The average molecular weight is 246 g/mol. The van der Waals surface area contributed by atoms with Gasteiger partial charge in [-0.25, -0.2) is 0 Å². The third kappa shape index (κ3) is 2.94. The summed E-state index contributed by atoms with van der Waals surface area (Å²) in [6, 6.07) is 12.0. The Labute approximate surface area is 105 Å². The molecule has 0 aliphatic rings. The van der Waals surface area contributed by atoms with Crippen LogP contribution in [-0.4, -0.2) is 13.1 Å². The first-order valence-electron chi connectivity index (χ1n) is 5.45. The summed E-state index contributed by atoms with van der Waals surface area (Å²) in [5.74, 6) is -0.374. The van der Waals surface area contributed by atoms with Crippen molar-refractivity contribution < 1.29 is 9.53 Å². The van der Waals surface area contributed by atoms with E-state index in [1.807, 2.05) is 47.2 Å². The average Bonchev–Trinajstić information content (AvgIpc) is 2.90. The first kappa shape index (κ1) is 11.9. The largest absolute Gasteiger partial charge is 0.469 e. The number of methoxy groups -OCH3 is 1. The van der Waals surface area contributed by atoms with Gasteiger partial charge in [0.15, 0.2) is 0 Å². The smallest absolute Gasteiger partial charge is 0.313 e. The van der Waals surface area contributed by atoms with E-state index in [4.69, 9.17) is 4.74 Å². The van der Waals surface area contributed by atoms with E-state index in [0.29, 0.717) is 6.42 Å². The molecule has 1 aromatic heterocycles. The number of hydrogen-bond donors (Lipinski definition) is 0. The van der Waals surface area contributed by atoms with Gasteiger partial charge in [-0.05, 0) is 34.4 Å². The molecule has 0 N–H and O–H groups in total. The number of ether oxygens (including phenoxy) is 1. The molecule has 1 aromatic carbocycles. The standard InChI is InChI=1S/C14H14O2S/c1-16-14(15)13(12-7-8-17-10-12)9-11-5-3-2-4-6-11/h2-8,10,13H,9H2,1H3. The van der Waals surface area contributed by atoms with Gasteiger partial charge in [0.2, 0.25) is 0 Å². The minimum Gasteiger partial charge on any atom is -0.469 e. The SMILES string of the molecule is COC(=O)C(Cc1ccccc1)c1ccsc1. The maximum Gasteiger partial charge on any atom is 0.313 e. The highest BCUT2D eigenvalue weighted by atomic mass is 32.1. The number of thiophene rings is 1. The summed E-state index contributed by atoms with van der Waals surface area (Å²) >= 11 is 1.60. The number of carbonyl (C=O) groups excluding carboxylic acids is 1. The Kier molecular flexibility index (Phi) is 3.94. The van der Waals surface area contributed by atoms with Crippen molar-refractivity contribution in [2.24, 2.45) is 0 Å². The van der Waals surface area contributed by atoms with E-state index >= 15 is 0 Å². The molecule has 0 saturated heterocycles. The maximum atomic E-state index is 11.8. The summed E-state index contributed by atoms with van der Waals surface area (Å²) in [7, 11) is 1.44. The van der Waals surface area contributed by atoms with Crippen molar-refractivity contribution in [2.75, 3.05) is 7.11 Å². The summed E-state index contributed by atoms with van der Waals surface area (Å²) in [6.45, 7) is 0. The summed E-state index contributed by atoms with van der Waals surface area (Å²) < 4.78 is 4.87. The van der Waals surface area contributed by atoms with Crippen molar-refractivity contribution in [1.29, 1.82) is 0 Å². The number of hydrogen-bond acceptors (Lipinski definition) is 3. The van der Waals surface area contributed by atoms with E-state index in [1.165, 1.54) is 7.11 Å². The van der Waals surface area contributed by atoms with E-state index in [9.17, 15) is 4.79 Å². The summed E-state index contributed by atoms with van der Waals surface area (Å²) in [5.41, 5.74) is 2.18. The van der Waals surface area contributed by atoms with Crippen molar-refractivity contribution in [1.82, 2.24) is 0 Å². The van der Waals surface area contributed by atoms with E-state index in [1.54, 1.807) is 11.3 Å². The van der Waals surface area contributed by atoms with Crippen LogP contribution < -0.4 is 0 Å². The summed E-state index contributed by atoms with van der Waals surface area (Å²) in [5, 5.41) is 3.99. The van der Waals surface area contributed by atoms with Crippen LogP contribution in [0.4, 0.5) is 0 Å². The zero-order chi connectivity index (χ0) is 12.1. The second kappa shape index (κ2) is 5.64. The molecule has 88 valence electrons. The molecule has 3 heteroatoms. The number of carbonyl (C=O) groups is 1. The van der Waals surface area contributed by atoms with Gasteiger partial charge in [-0.1, -0.05) is 30.3 Å². The van der Waals surface area contributed by atoms with Gasteiger partial charge in [0.25, 0.3) is 0 Å². The van der Waals surface area contributed by atoms with Crippen LogP contribution in [0.15, 0.2) is 47.2 Å². The van der Waals surface area contributed by atoms with Crippen molar-refractivity contribution >= 4 is 17.3 Å². The minimum atomic E-state index is -0.200. The molecule has 2 nitrogen and oxygen atoms in total. The lowest BCUT2D eigenvalue weighted by Crippen LogP contribution is -2.16. The minimum absolute atomic E-state index is 0.174. The van der Waals surface area contributed by atoms with Crippen molar-refractivity contribution in [3.8, 4) is 0 Å². The Bertz CT molecular complexity index is 462. The molecule has 0 bridgehead atoms. The second-order valence-corrected chi connectivity index (χ2v) is 4.60. The maximum absolute atomic E-state index is 11.8. The first-order valence-corrected chi connectivity index (χ1v) is 6.39. The van der Waals surface area contributed by atoms with Crippen molar-refractivity contribution in [3.63, 3.8) is 0 Å². The van der Waals surface area contributed by atoms with Gasteiger partial charge in [0, 0.05) is 0 Å². The number of esters is 1. The fraction of sp³-hybridized carbons (Fsp3) is 0.214. The fourth-order valence-corrected chi connectivity index (χ4v) is 2.52. The van der Waals surface area contributed by atoms with Crippen LogP contribution in [0.3, 0.4) is 0 Å². The number of benzene rings is 1. The Balaban J connectivity index is 2.20. The fourth-order valence-electron chi connectivity index (χ4n) is 1.80. The highest BCUT2D eigenvalue weighted by Crippen LogP contribution is 2.24. The van der Waals surface area contributed by atoms with Gasteiger partial charge in [-0.3, -0.25) is 4.79 Å². The van der Waals surface area contributed by atoms with Gasteiger partial charge >= 0.3 is 5.97 Å². The van der Waals surface area contributed by atoms with Crippen LogP contribution in [0.2, 0.25) is 0 Å². The van der Waals surface area contributed by atoms with E-state index in [0.717, 1.165) is 11.1 Å². The van der Waals surface area contributed by atoms with E-state index in [2.05, 4.69) is 0 Å². The van der Waals surface area contributed by atoms with Gasteiger partial charge < -0.3 is 4.74 Å². The molecule has 0 radical (unpaired) electrons. The normalized spacial score (nSPS) is 12.1. The first-order chi connectivity index (χ1) is 8.31. The topological polar surface area (TPSA) is 26.3 Å². The zero-order valence-corrected chi connectivity index (χ0v) is 10.4. The third-order valence-electron chi connectivity index (χ3n) is 2.71. The molecule has 17 heavy (non-hydrogen) atoms. The predicted octanol–water partition coefficient (Wildman–Crippen LogP) is 3.25. The quantitative estimate of drug-likeness (QED) is 0.774. The molecule has 1 unspecified atom stereocenters. The van der Waals surface area contributed by atoms with Crippen molar-refractivity contribution in [2.45, 2.75) is 12.3 Å². The van der Waals surface area contributed by atoms with Gasteiger partial charge in [-0.2, -0.15) is 11.3 Å². The van der Waals surface area contributed by atoms with Gasteiger partial charge in [0.05, 0.1) is 13.0 Å². The zero-order valence-electron chi connectivity index (χ0n) is 9.63. The van der Waals surface area contributed by atoms with Crippen LogP contribution in [0.1, 0.15) is 17.0 Å². The lowest BCUT2D eigenvalue weighted by atomic mass is 9.94. The molecule has 0 fully saturated rings. The molecule has 2 aromatic rings. The molecular formula is C14H14O2S. The summed E-state index contributed by atoms with van der Waals surface area (Å²) in [4.78, 5) is 11.8. The Morgan fingerprint density at radius 2 is 2.06 bits per heavy atom. The molecule has 0 spiro atoms. The number of rotatable bonds is 4. The molecule has 1 heterocycles. The molecule has 1 atom stereocenters. The second-order valence-electron chi connectivity index (χ2n) is 3.82. The van der Waals surface area contributed by atoms with Gasteiger partial charge in [-0.15, -0.1) is 0 Å². The highest BCUT2D eigenvalue weighted by Gasteiger charge is 2.21. The summed E-state index contributed by atoms with van der Waals surface area (Å²) in [6.07, 6.45) is 0.685. The molecule has 0 saturated carbocycles. The lowest BCUT2D eigenvalue weighted by molar-refractivity contribution is -0.142. The molecular weight excluding hydrogens is 232 g/mol. The monoisotopic (exact) mass is 246 g/mol. The van der Waals surface area contributed by atoms with Crippen LogP contribution in [-0.2, 0) is 16.0 Å². The van der Waals surface area contributed by atoms with Crippen LogP contribution >= 0.6 is 11.3 Å². The predicted molar refractivity (Wildman–Crippen MR) is 69.2 cm³/mol.